The zero-order valence-electron chi connectivity index (χ0n) is 43.1. The molecule has 73 heavy (non-hydrogen) atoms. The number of benzene rings is 4. The molecule has 5 atom stereocenters. The summed E-state index contributed by atoms with van der Waals surface area (Å²) in [6, 6.07) is 37.0. The average molecular weight is 1030 g/mol. The van der Waals surface area contributed by atoms with Crippen LogP contribution in [0.15, 0.2) is 133 Å². The van der Waals surface area contributed by atoms with Crippen LogP contribution in [0.2, 0.25) is 25.7 Å². The maximum Gasteiger partial charge on any atom is 0.259 e. The van der Waals surface area contributed by atoms with E-state index in [0.29, 0.717) is 41.0 Å². The number of aromatic nitrogens is 5. The lowest BCUT2D eigenvalue weighted by molar-refractivity contribution is -0.0963. The third-order valence-electron chi connectivity index (χ3n) is 12.6. The summed E-state index contributed by atoms with van der Waals surface area (Å²) in [7, 11) is 0.0479. The van der Waals surface area contributed by atoms with Crippen LogP contribution in [0.25, 0.3) is 22.6 Å². The fourth-order valence-electron chi connectivity index (χ4n) is 8.93. The molecule has 0 N–H and O–H groups in total. The van der Waals surface area contributed by atoms with Crippen LogP contribution in [0.1, 0.15) is 62.6 Å². The summed E-state index contributed by atoms with van der Waals surface area (Å²) < 4.78 is 63.3. The van der Waals surface area contributed by atoms with E-state index in [1.54, 1.807) is 33.0 Å². The second kappa shape index (κ2) is 24.3. The monoisotopic (exact) mass is 1030 g/mol. The first-order valence-corrected chi connectivity index (χ1v) is 29.5. The molecule has 1 aliphatic rings. The second-order valence-corrected chi connectivity index (χ2v) is 26.5. The molecule has 4 aromatic carbocycles. The highest BCUT2D eigenvalue weighted by atomic mass is 31.2. The van der Waals surface area contributed by atoms with Gasteiger partial charge in [0.15, 0.2) is 17.4 Å². The van der Waals surface area contributed by atoms with E-state index in [9.17, 15) is 5.26 Å². The molecule has 4 heterocycles. The Morgan fingerprint density at radius 1 is 0.795 bits per heavy atom. The molecule has 3 aromatic heterocycles. The van der Waals surface area contributed by atoms with Gasteiger partial charge >= 0.3 is 0 Å². The van der Waals surface area contributed by atoms with E-state index < -0.39 is 46.7 Å². The molecule has 0 bridgehead atoms. The minimum absolute atomic E-state index is 0.00375. The predicted octanol–water partition coefficient (Wildman–Crippen LogP) is 11.4. The fraction of sp³-hybridized carbons (Fsp3) is 0.400. The van der Waals surface area contributed by atoms with E-state index in [0.717, 1.165) is 33.9 Å². The van der Waals surface area contributed by atoms with Gasteiger partial charge in [0.25, 0.3) is 8.53 Å². The van der Waals surface area contributed by atoms with Crippen LogP contribution < -0.4 is 14.2 Å². The number of hydrogen-bond donors (Lipinski definition) is 0. The van der Waals surface area contributed by atoms with Gasteiger partial charge in [0.1, 0.15) is 48.0 Å². The van der Waals surface area contributed by atoms with Crippen LogP contribution in [-0.2, 0) is 35.5 Å². The molecule has 8 rings (SSSR count). The van der Waals surface area contributed by atoms with Crippen molar-refractivity contribution in [3.63, 3.8) is 0 Å². The fourth-order valence-corrected chi connectivity index (χ4v) is 11.4. The Hall–Kier alpha value is -6.06. The normalized spacial score (nSPS) is 17.6. The number of hydrogen-bond acceptors (Lipinski definition) is 15. The molecular weight excluding hydrogens is 962 g/mol. The van der Waals surface area contributed by atoms with E-state index in [4.69, 9.17) is 51.9 Å². The summed E-state index contributed by atoms with van der Waals surface area (Å²) in [4.78, 5) is 18.5. The average Bonchev–Trinajstić information content (AvgIpc) is 4.17. The van der Waals surface area contributed by atoms with Gasteiger partial charge in [-0.15, -0.1) is 0 Å². The summed E-state index contributed by atoms with van der Waals surface area (Å²) in [6.45, 7) is 16.2. The number of imidazole rings is 1. The first-order valence-electron chi connectivity index (χ1n) is 24.6. The Morgan fingerprint density at radius 3 is 2.04 bits per heavy atom. The van der Waals surface area contributed by atoms with E-state index in [1.807, 2.05) is 95.6 Å². The van der Waals surface area contributed by atoms with Gasteiger partial charge in [-0.1, -0.05) is 86.4 Å². The van der Waals surface area contributed by atoms with Crippen LogP contribution in [0.5, 0.6) is 17.4 Å². The predicted molar refractivity (Wildman–Crippen MR) is 282 cm³/mol. The third-order valence-corrected chi connectivity index (χ3v) is 16.4. The Labute approximate surface area is 430 Å². The molecule has 0 radical (unpaired) electrons. The lowest BCUT2D eigenvalue weighted by Gasteiger charge is -2.39. The lowest BCUT2D eigenvalue weighted by atomic mass is 9.80. The van der Waals surface area contributed by atoms with Gasteiger partial charge in [-0.2, -0.15) is 10.2 Å². The van der Waals surface area contributed by atoms with Crippen molar-refractivity contribution in [2.75, 3.05) is 34.0 Å². The van der Waals surface area contributed by atoms with Crippen molar-refractivity contribution < 1.29 is 41.9 Å². The molecule has 0 amide bonds. The quantitative estimate of drug-likeness (QED) is 0.0229. The van der Waals surface area contributed by atoms with Crippen LogP contribution in [-0.4, -0.2) is 102 Å². The third kappa shape index (κ3) is 12.5. The van der Waals surface area contributed by atoms with Crippen molar-refractivity contribution in [2.45, 2.75) is 109 Å². The minimum Gasteiger partial charge on any atom is -0.497 e. The summed E-state index contributed by atoms with van der Waals surface area (Å²) in [6.07, 6.45) is 3.21. The molecule has 1 unspecified atom stereocenters. The maximum atomic E-state index is 9.69. The topological polar surface area (TPSA) is 170 Å². The highest BCUT2D eigenvalue weighted by molar-refractivity contribution is 7.44. The van der Waals surface area contributed by atoms with Gasteiger partial charge in [0, 0.05) is 25.7 Å². The largest absolute Gasteiger partial charge is 0.497 e. The number of oxazole rings is 1. The minimum atomic E-state index is -1.83. The van der Waals surface area contributed by atoms with Crippen molar-refractivity contribution in [1.29, 1.82) is 5.26 Å². The van der Waals surface area contributed by atoms with Crippen LogP contribution in [0.3, 0.4) is 0 Å². The Bertz CT molecular complexity index is 2790. The SMILES string of the molecule is COc1ccc(C(OC[C@H]2O[C@@H](n3cnc4c(OCC[Si](C)(C)C)ncnc43)[C@H](OCc3ccc(-c4ncco4)cc3)[C@@H]2OP(OCCC#N)N(C(C)C)C(C)C)(c2ccccc2)c2ccc(OC)cc2)cc1. The molecule has 1 aliphatic heterocycles. The van der Waals surface area contributed by atoms with Crippen LogP contribution in [0, 0.1) is 11.3 Å². The Balaban J connectivity index is 1.26. The number of methoxy groups -OCH3 is 2. The van der Waals surface area contributed by atoms with Gasteiger partial charge < -0.3 is 41.9 Å². The smallest absolute Gasteiger partial charge is 0.259 e. The van der Waals surface area contributed by atoms with Crippen LogP contribution >= 0.6 is 8.53 Å². The Morgan fingerprint density at radius 2 is 1.45 bits per heavy atom. The molecule has 16 nitrogen and oxygen atoms in total. The first-order chi connectivity index (χ1) is 35.3. The number of nitrogens with zero attached hydrogens (tertiary/aromatic N) is 7. The maximum absolute atomic E-state index is 9.69. The summed E-state index contributed by atoms with van der Waals surface area (Å²) in [5, 5.41) is 9.69. The zero-order chi connectivity index (χ0) is 51.5. The molecule has 7 aromatic rings. The number of fused-ring (bicyclic) bond motifs is 1. The number of nitriles is 1. The van der Waals surface area contributed by atoms with Crippen molar-refractivity contribution in [1.82, 2.24) is 29.2 Å². The molecule has 1 fully saturated rings. The molecule has 0 saturated carbocycles. The van der Waals surface area contributed by atoms with E-state index in [1.165, 1.54) is 6.33 Å². The van der Waals surface area contributed by atoms with Crippen molar-refractivity contribution in [3.8, 4) is 34.9 Å². The van der Waals surface area contributed by atoms with Crippen molar-refractivity contribution in [3.05, 3.63) is 150 Å². The highest BCUT2D eigenvalue weighted by Crippen LogP contribution is 2.52. The van der Waals surface area contributed by atoms with Gasteiger partial charge in [-0.25, -0.2) is 19.6 Å². The van der Waals surface area contributed by atoms with Gasteiger partial charge in [0.05, 0.1) is 65.7 Å². The Kier molecular flexibility index (Phi) is 17.7. The van der Waals surface area contributed by atoms with Crippen LogP contribution in [0.4, 0.5) is 0 Å². The van der Waals surface area contributed by atoms with Gasteiger partial charge in [-0.05, 0) is 92.4 Å². The summed E-state index contributed by atoms with van der Waals surface area (Å²) in [5.74, 6) is 2.32. The molecular formula is C55H66N7O9PSi. The zero-order valence-corrected chi connectivity index (χ0v) is 45.0. The van der Waals surface area contributed by atoms with E-state index in [2.05, 4.69) is 80.2 Å². The molecule has 0 aliphatic carbocycles. The summed E-state index contributed by atoms with van der Waals surface area (Å²) >= 11 is 0. The molecule has 0 spiro atoms. The number of ether oxygens (including phenoxy) is 6. The molecule has 384 valence electrons. The van der Waals surface area contributed by atoms with E-state index in [-0.39, 0.29) is 38.3 Å². The first kappa shape index (κ1) is 53.2. The van der Waals surface area contributed by atoms with E-state index >= 15 is 0 Å². The highest BCUT2D eigenvalue weighted by Gasteiger charge is 2.52. The molecule has 18 heteroatoms. The van der Waals surface area contributed by atoms with Crippen molar-refractivity contribution >= 4 is 27.8 Å². The van der Waals surface area contributed by atoms with Gasteiger partial charge in [0.2, 0.25) is 11.8 Å². The molecule has 1 saturated heterocycles. The van der Waals surface area contributed by atoms with Crippen molar-refractivity contribution in [2.24, 2.45) is 0 Å². The lowest BCUT2D eigenvalue weighted by Crippen LogP contribution is -2.43. The standard InChI is InChI=1S/C55H66N7O9PSi/c1-38(2)62(39(3)4)72(69-30-13-28-56)71-49-47(35-68-55(42-14-11-10-12-15-42,43-20-24-45(63-5)25-21-43)44-22-26-46(64-6)27-23-44)70-54(50(49)67-34-40-16-18-41(19-17-40)52-57-29-31-65-52)61-37-60-48-51(61)58-36-59-53(48)66-32-33-73(7,8)9/h10-12,14-27,29,31,36-39,47,49-50,54H,13,30,32-35H2,1-9H3/t47-,49-,50-,54-,72?/m1/s1. The van der Waals surface area contributed by atoms with Gasteiger partial charge in [-0.3, -0.25) is 4.57 Å². The number of rotatable bonds is 25. The summed E-state index contributed by atoms with van der Waals surface area (Å²) in [5.41, 5.74) is 4.11. The second-order valence-electron chi connectivity index (χ2n) is 19.5.